The summed E-state index contributed by atoms with van der Waals surface area (Å²) in [5.74, 6) is -0.167. The van der Waals surface area contributed by atoms with E-state index in [2.05, 4.69) is 10.3 Å². The van der Waals surface area contributed by atoms with Crippen molar-refractivity contribution in [2.75, 3.05) is 12.4 Å². The fraction of sp³-hybridized carbons (Fsp3) is 0.111. The van der Waals surface area contributed by atoms with Gasteiger partial charge in [0.25, 0.3) is 5.91 Å². The SMILES string of the molecule is C/N=C1\C(=O)Nc2ccc(Cl)cc21. The molecular weight excluding hydrogens is 188 g/mol. The van der Waals surface area contributed by atoms with Crippen molar-refractivity contribution in [2.45, 2.75) is 0 Å². The van der Waals surface area contributed by atoms with Crippen LogP contribution in [0, 0.1) is 0 Å². The molecule has 0 atom stereocenters. The lowest BCUT2D eigenvalue weighted by molar-refractivity contribution is -0.110. The van der Waals surface area contributed by atoms with Gasteiger partial charge < -0.3 is 5.32 Å². The largest absolute Gasteiger partial charge is 0.320 e. The summed E-state index contributed by atoms with van der Waals surface area (Å²) in [6.45, 7) is 0. The third-order valence-corrected chi connectivity index (χ3v) is 2.16. The van der Waals surface area contributed by atoms with Crippen LogP contribution in [0.1, 0.15) is 5.56 Å². The minimum absolute atomic E-state index is 0.167. The normalized spacial score (nSPS) is 17.4. The van der Waals surface area contributed by atoms with Crippen LogP contribution in [0.5, 0.6) is 0 Å². The van der Waals surface area contributed by atoms with Crippen LogP contribution in [0.4, 0.5) is 5.69 Å². The molecule has 1 heterocycles. The second-order valence-electron chi connectivity index (χ2n) is 2.72. The minimum Gasteiger partial charge on any atom is -0.320 e. The number of anilines is 1. The Morgan fingerprint density at radius 2 is 2.23 bits per heavy atom. The van der Waals surface area contributed by atoms with E-state index in [4.69, 9.17) is 11.6 Å². The van der Waals surface area contributed by atoms with Crippen molar-refractivity contribution in [3.05, 3.63) is 28.8 Å². The van der Waals surface area contributed by atoms with E-state index < -0.39 is 0 Å². The average molecular weight is 195 g/mol. The number of nitrogens with one attached hydrogen (secondary N) is 1. The maximum atomic E-state index is 11.3. The van der Waals surface area contributed by atoms with Crippen LogP contribution < -0.4 is 5.32 Å². The van der Waals surface area contributed by atoms with Gasteiger partial charge in [0.15, 0.2) is 0 Å². The van der Waals surface area contributed by atoms with Crippen molar-refractivity contribution in [1.82, 2.24) is 0 Å². The minimum atomic E-state index is -0.167. The van der Waals surface area contributed by atoms with Crippen LogP contribution in [0.25, 0.3) is 0 Å². The van der Waals surface area contributed by atoms with Crippen molar-refractivity contribution in [1.29, 1.82) is 0 Å². The monoisotopic (exact) mass is 194 g/mol. The first-order valence-corrected chi connectivity index (χ1v) is 4.18. The zero-order chi connectivity index (χ0) is 9.42. The van der Waals surface area contributed by atoms with Crippen LogP contribution in [-0.2, 0) is 4.79 Å². The summed E-state index contributed by atoms with van der Waals surface area (Å²) in [4.78, 5) is 15.2. The highest BCUT2D eigenvalue weighted by Crippen LogP contribution is 2.26. The Balaban J connectivity index is 2.63. The van der Waals surface area contributed by atoms with E-state index in [1.54, 1.807) is 25.2 Å². The molecule has 0 radical (unpaired) electrons. The zero-order valence-corrected chi connectivity index (χ0v) is 7.72. The van der Waals surface area contributed by atoms with Gasteiger partial charge in [0.1, 0.15) is 5.71 Å². The predicted molar refractivity (Wildman–Crippen MR) is 52.5 cm³/mol. The molecule has 1 aromatic carbocycles. The molecule has 66 valence electrons. The van der Waals surface area contributed by atoms with Crippen molar-refractivity contribution in [3.8, 4) is 0 Å². The first-order chi connectivity index (χ1) is 6.22. The number of aliphatic imine (C=N–C) groups is 1. The second kappa shape index (κ2) is 2.85. The number of amides is 1. The van der Waals surface area contributed by atoms with Gasteiger partial charge in [0, 0.05) is 17.6 Å². The first-order valence-electron chi connectivity index (χ1n) is 3.80. The molecule has 0 saturated carbocycles. The molecule has 1 aromatic rings. The van der Waals surface area contributed by atoms with Gasteiger partial charge >= 0.3 is 0 Å². The molecule has 1 N–H and O–H groups in total. The lowest BCUT2D eigenvalue weighted by Crippen LogP contribution is -2.13. The summed E-state index contributed by atoms with van der Waals surface area (Å²) in [7, 11) is 1.59. The Hall–Kier alpha value is -1.35. The van der Waals surface area contributed by atoms with Gasteiger partial charge in [-0.05, 0) is 18.2 Å². The van der Waals surface area contributed by atoms with Crippen LogP contribution >= 0.6 is 11.6 Å². The van der Waals surface area contributed by atoms with Crippen LogP contribution in [0.3, 0.4) is 0 Å². The fourth-order valence-corrected chi connectivity index (χ4v) is 1.52. The highest BCUT2D eigenvalue weighted by Gasteiger charge is 2.24. The van der Waals surface area contributed by atoms with E-state index in [9.17, 15) is 4.79 Å². The Bertz CT molecular complexity index is 412. The summed E-state index contributed by atoms with van der Waals surface area (Å²) < 4.78 is 0. The maximum absolute atomic E-state index is 11.3. The predicted octanol–water partition coefficient (Wildman–Crippen LogP) is 1.71. The van der Waals surface area contributed by atoms with Gasteiger partial charge in [-0.3, -0.25) is 9.79 Å². The number of hydrogen-bond acceptors (Lipinski definition) is 2. The Morgan fingerprint density at radius 3 is 2.92 bits per heavy atom. The van der Waals surface area contributed by atoms with Gasteiger partial charge in [-0.15, -0.1) is 0 Å². The van der Waals surface area contributed by atoms with E-state index in [1.807, 2.05) is 0 Å². The molecule has 13 heavy (non-hydrogen) atoms. The molecule has 0 unspecified atom stereocenters. The van der Waals surface area contributed by atoms with Gasteiger partial charge in [0.2, 0.25) is 0 Å². The van der Waals surface area contributed by atoms with Crippen molar-refractivity contribution in [2.24, 2.45) is 4.99 Å². The van der Waals surface area contributed by atoms with Gasteiger partial charge in [-0.2, -0.15) is 0 Å². The van der Waals surface area contributed by atoms with E-state index >= 15 is 0 Å². The highest BCUT2D eigenvalue weighted by molar-refractivity contribution is 6.54. The third-order valence-electron chi connectivity index (χ3n) is 1.92. The number of halogens is 1. The molecule has 1 amide bonds. The lowest BCUT2D eigenvalue weighted by atomic mass is 10.1. The number of nitrogens with zero attached hydrogens (tertiary/aromatic N) is 1. The number of hydrogen-bond donors (Lipinski definition) is 1. The molecule has 0 spiro atoms. The second-order valence-corrected chi connectivity index (χ2v) is 3.15. The fourth-order valence-electron chi connectivity index (χ4n) is 1.35. The average Bonchev–Trinajstić information content (AvgIpc) is 2.40. The summed E-state index contributed by atoms with van der Waals surface area (Å²) in [5.41, 5.74) is 1.99. The number of rotatable bonds is 0. The van der Waals surface area contributed by atoms with Crippen molar-refractivity contribution in [3.63, 3.8) is 0 Å². The summed E-state index contributed by atoms with van der Waals surface area (Å²) >= 11 is 5.80. The topological polar surface area (TPSA) is 41.5 Å². The number of fused-ring (bicyclic) bond motifs is 1. The Kier molecular flexibility index (Phi) is 1.81. The molecule has 2 rings (SSSR count). The first kappa shape index (κ1) is 8.26. The Labute approximate surface area is 80.4 Å². The lowest BCUT2D eigenvalue weighted by Gasteiger charge is -1.96. The summed E-state index contributed by atoms with van der Waals surface area (Å²) in [6, 6.07) is 5.24. The van der Waals surface area contributed by atoms with E-state index in [0.717, 1.165) is 11.3 Å². The van der Waals surface area contributed by atoms with Crippen LogP contribution in [0.15, 0.2) is 23.2 Å². The van der Waals surface area contributed by atoms with Gasteiger partial charge in [0.05, 0.1) is 5.69 Å². The number of carbonyl (C=O) groups is 1. The third kappa shape index (κ3) is 1.21. The zero-order valence-electron chi connectivity index (χ0n) is 6.97. The van der Waals surface area contributed by atoms with Gasteiger partial charge in [-0.25, -0.2) is 0 Å². The van der Waals surface area contributed by atoms with Crippen LogP contribution in [0.2, 0.25) is 5.02 Å². The molecule has 0 aliphatic carbocycles. The van der Waals surface area contributed by atoms with Gasteiger partial charge in [-0.1, -0.05) is 11.6 Å². The molecule has 1 aliphatic rings. The number of carbonyl (C=O) groups excluding carboxylic acids is 1. The van der Waals surface area contributed by atoms with Crippen molar-refractivity contribution < 1.29 is 4.79 Å². The smallest absolute Gasteiger partial charge is 0.274 e. The molecule has 3 nitrogen and oxygen atoms in total. The molecular formula is C9H7ClN2O. The van der Waals surface area contributed by atoms with E-state index in [-0.39, 0.29) is 5.91 Å². The summed E-state index contributed by atoms with van der Waals surface area (Å²) in [6.07, 6.45) is 0. The molecule has 0 bridgehead atoms. The van der Waals surface area contributed by atoms with E-state index in [1.165, 1.54) is 0 Å². The summed E-state index contributed by atoms with van der Waals surface area (Å²) in [5, 5.41) is 3.31. The standard InChI is InChI=1S/C9H7ClN2O/c1-11-8-6-4-5(10)2-3-7(6)12-9(8)13/h2-4H,1H3,(H,11,12,13). The van der Waals surface area contributed by atoms with Crippen molar-refractivity contribution >= 4 is 28.9 Å². The highest BCUT2D eigenvalue weighted by atomic mass is 35.5. The molecule has 1 aliphatic heterocycles. The Morgan fingerprint density at radius 1 is 1.46 bits per heavy atom. The van der Waals surface area contributed by atoms with Crippen LogP contribution in [-0.4, -0.2) is 18.7 Å². The van der Waals surface area contributed by atoms with E-state index in [0.29, 0.717) is 10.7 Å². The number of benzene rings is 1. The molecule has 0 saturated heterocycles. The molecule has 4 heteroatoms. The molecule has 0 fully saturated rings. The maximum Gasteiger partial charge on any atom is 0.274 e. The molecule has 0 aromatic heterocycles. The quantitative estimate of drug-likeness (QED) is 0.671.